The Labute approximate surface area is 243 Å². The van der Waals surface area contributed by atoms with Crippen molar-refractivity contribution in [1.29, 1.82) is 0 Å². The molecule has 0 bridgehead atoms. The molecule has 2 heterocycles. The quantitative estimate of drug-likeness (QED) is 0.150. The average Bonchev–Trinajstić information content (AvgIpc) is 2.91. The number of aliphatic hydroxyl groups is 4. The van der Waals surface area contributed by atoms with Gasteiger partial charge in [0.1, 0.15) is 36.6 Å². The van der Waals surface area contributed by atoms with E-state index >= 15 is 0 Å². The minimum absolute atomic E-state index is 0.0164. The van der Waals surface area contributed by atoms with Gasteiger partial charge in [0.25, 0.3) is 0 Å². The third kappa shape index (κ3) is 8.93. The topological polar surface area (TPSA) is 184 Å². The number of hydrogen-bond acceptors (Lipinski definition) is 10. The van der Waals surface area contributed by atoms with Crippen LogP contribution in [0.2, 0.25) is 0 Å². The number of aliphatic hydroxyl groups excluding tert-OH is 4. The number of hydrogen-bond donors (Lipinski definition) is 6. The van der Waals surface area contributed by atoms with Crippen molar-refractivity contribution in [2.24, 2.45) is 11.3 Å². The Morgan fingerprint density at radius 1 is 1.05 bits per heavy atom. The fourth-order valence-corrected chi connectivity index (χ4v) is 6.01. The van der Waals surface area contributed by atoms with E-state index in [1.165, 1.54) is 6.92 Å². The molecule has 12 heteroatoms. The highest BCUT2D eigenvalue weighted by atomic mass is 16.7. The highest BCUT2D eigenvalue weighted by Crippen LogP contribution is 2.42. The number of amides is 1. The molecule has 0 aromatic heterocycles. The number of carbonyl (C=O) groups is 2. The fourth-order valence-electron chi connectivity index (χ4n) is 6.01. The first-order valence-corrected chi connectivity index (χ1v) is 14.7. The van der Waals surface area contributed by atoms with Crippen molar-refractivity contribution in [1.82, 2.24) is 5.32 Å². The number of rotatable bonds is 15. The molecule has 11 atom stereocenters. The molecule has 2 fully saturated rings. The van der Waals surface area contributed by atoms with Crippen LogP contribution in [0.3, 0.4) is 0 Å². The van der Waals surface area contributed by atoms with Crippen LogP contribution in [0.15, 0.2) is 12.2 Å². The SMILES string of the molecule is C/C=C\C[C@H](C)CO[C@@H]1C(C(=O)O)O[C@@H](OC2C(NC(C)=O)C(C(C)(CCC)CCC)OC(CO)[C@@H]2O)C(O)C1O. The van der Waals surface area contributed by atoms with Gasteiger partial charge in [-0.1, -0.05) is 52.7 Å². The number of nitrogens with one attached hydrogen (secondary N) is 1. The number of allylic oxidation sites excluding steroid dienone is 2. The lowest BCUT2D eigenvalue weighted by Crippen LogP contribution is -2.70. The van der Waals surface area contributed by atoms with E-state index in [1.54, 1.807) is 0 Å². The van der Waals surface area contributed by atoms with Crippen molar-refractivity contribution in [3.63, 3.8) is 0 Å². The maximum atomic E-state index is 12.3. The van der Waals surface area contributed by atoms with Crippen molar-refractivity contribution in [2.75, 3.05) is 13.2 Å². The molecule has 0 saturated carbocycles. The second-order valence-corrected chi connectivity index (χ2v) is 11.7. The zero-order valence-electron chi connectivity index (χ0n) is 25.1. The summed E-state index contributed by atoms with van der Waals surface area (Å²) in [5.41, 5.74) is -0.483. The summed E-state index contributed by atoms with van der Waals surface area (Å²) < 4.78 is 23.6. The Kier molecular flexibility index (Phi) is 14.1. The van der Waals surface area contributed by atoms with Crippen molar-refractivity contribution < 1.29 is 54.1 Å². The number of carbonyl (C=O) groups excluding carboxylic acids is 1. The van der Waals surface area contributed by atoms with E-state index in [9.17, 15) is 35.1 Å². The van der Waals surface area contributed by atoms with Crippen molar-refractivity contribution >= 4 is 11.9 Å². The zero-order valence-corrected chi connectivity index (χ0v) is 25.1. The second kappa shape index (κ2) is 16.3. The zero-order chi connectivity index (χ0) is 30.9. The van der Waals surface area contributed by atoms with Gasteiger partial charge in [-0.3, -0.25) is 4.79 Å². The van der Waals surface area contributed by atoms with Gasteiger partial charge in [0.15, 0.2) is 12.4 Å². The summed E-state index contributed by atoms with van der Waals surface area (Å²) in [6.07, 6.45) is -5.14. The van der Waals surface area contributed by atoms with E-state index in [2.05, 4.69) is 5.32 Å². The van der Waals surface area contributed by atoms with Crippen molar-refractivity contribution in [3.05, 3.63) is 12.2 Å². The van der Waals surface area contributed by atoms with E-state index in [-0.39, 0.29) is 12.5 Å². The van der Waals surface area contributed by atoms with Crippen LogP contribution in [0.1, 0.15) is 73.6 Å². The summed E-state index contributed by atoms with van der Waals surface area (Å²) in [6, 6.07) is -0.939. The van der Waals surface area contributed by atoms with E-state index in [0.717, 1.165) is 25.7 Å². The molecule has 12 nitrogen and oxygen atoms in total. The molecule has 2 aliphatic rings. The Bertz CT molecular complexity index is 849. The van der Waals surface area contributed by atoms with Gasteiger partial charge in [-0.2, -0.15) is 0 Å². The van der Waals surface area contributed by atoms with Crippen LogP contribution >= 0.6 is 0 Å². The van der Waals surface area contributed by atoms with Crippen molar-refractivity contribution in [3.8, 4) is 0 Å². The minimum Gasteiger partial charge on any atom is -0.479 e. The van der Waals surface area contributed by atoms with Crippen LogP contribution in [0.4, 0.5) is 0 Å². The van der Waals surface area contributed by atoms with E-state index in [4.69, 9.17) is 18.9 Å². The number of carboxylic acid groups (broad SMARTS) is 1. The van der Waals surface area contributed by atoms with E-state index < -0.39 is 85.1 Å². The van der Waals surface area contributed by atoms with Gasteiger partial charge in [-0.25, -0.2) is 4.79 Å². The molecule has 0 aliphatic carbocycles. The first-order valence-electron chi connectivity index (χ1n) is 14.7. The van der Waals surface area contributed by atoms with Crippen LogP contribution in [-0.2, 0) is 28.5 Å². The van der Waals surface area contributed by atoms with Crippen LogP contribution < -0.4 is 5.32 Å². The predicted molar refractivity (Wildman–Crippen MR) is 149 cm³/mol. The summed E-state index contributed by atoms with van der Waals surface area (Å²) in [7, 11) is 0. The normalized spacial score (nSPS) is 35.4. The van der Waals surface area contributed by atoms with Gasteiger partial charge in [0.05, 0.1) is 25.4 Å². The van der Waals surface area contributed by atoms with Gasteiger partial charge in [-0.05, 0) is 37.5 Å². The lowest BCUT2D eigenvalue weighted by Gasteiger charge is -2.52. The molecule has 2 saturated heterocycles. The summed E-state index contributed by atoms with van der Waals surface area (Å²) >= 11 is 0. The van der Waals surface area contributed by atoms with E-state index in [1.807, 2.05) is 46.8 Å². The summed E-state index contributed by atoms with van der Waals surface area (Å²) in [4.78, 5) is 24.5. The Morgan fingerprint density at radius 3 is 2.20 bits per heavy atom. The lowest BCUT2D eigenvalue weighted by molar-refractivity contribution is -0.334. The number of carboxylic acids is 1. The number of aliphatic carboxylic acids is 1. The van der Waals surface area contributed by atoms with Crippen LogP contribution in [0.25, 0.3) is 0 Å². The second-order valence-electron chi connectivity index (χ2n) is 11.7. The van der Waals surface area contributed by atoms with Crippen LogP contribution in [-0.4, -0.2) is 112 Å². The average molecular weight is 590 g/mol. The van der Waals surface area contributed by atoms with Crippen molar-refractivity contribution in [2.45, 2.75) is 135 Å². The molecule has 0 spiro atoms. The molecular weight excluding hydrogens is 538 g/mol. The Hall–Kier alpha value is -1.64. The lowest BCUT2D eigenvalue weighted by atomic mass is 9.70. The first kappa shape index (κ1) is 35.6. The highest BCUT2D eigenvalue weighted by molar-refractivity contribution is 5.74. The highest BCUT2D eigenvalue weighted by Gasteiger charge is 2.55. The molecule has 7 unspecified atom stereocenters. The fraction of sp³-hybridized carbons (Fsp3) is 0.862. The summed E-state index contributed by atoms with van der Waals surface area (Å²) in [5, 5.41) is 55.8. The van der Waals surface area contributed by atoms with Crippen LogP contribution in [0.5, 0.6) is 0 Å². The van der Waals surface area contributed by atoms with Gasteiger partial charge in [0, 0.05) is 6.92 Å². The molecule has 0 radical (unpaired) electrons. The molecule has 1 amide bonds. The van der Waals surface area contributed by atoms with Gasteiger partial charge in [0.2, 0.25) is 5.91 Å². The standard InChI is InChI=1S/C29H51NO11/c1-7-10-11-16(4)15-38-24-21(34)22(35)28(41-25(24)27(36)37)40-23-19(30-17(5)32)26(39-18(14-31)20(23)33)29(6,12-8-2)13-9-3/h7,10,16,18-26,28,31,33-35H,8-9,11-15H2,1-6H3,(H,30,32)(H,36,37)/b10-7-/t16-,18?,19?,20-,21?,22?,23?,24-,25?,26?,28+/m0/s1. The molecule has 0 aromatic rings. The Balaban J connectivity index is 2.39. The summed E-state index contributed by atoms with van der Waals surface area (Å²) in [5.74, 6) is -1.83. The molecule has 0 aromatic carbocycles. The van der Waals surface area contributed by atoms with Gasteiger partial charge in [-0.15, -0.1) is 0 Å². The minimum atomic E-state index is -1.74. The Morgan fingerprint density at radius 2 is 1.68 bits per heavy atom. The molecule has 238 valence electrons. The third-order valence-corrected chi connectivity index (χ3v) is 8.02. The third-order valence-electron chi connectivity index (χ3n) is 8.02. The maximum Gasteiger partial charge on any atom is 0.335 e. The van der Waals surface area contributed by atoms with E-state index in [0.29, 0.717) is 6.42 Å². The molecule has 6 N–H and O–H groups in total. The van der Waals surface area contributed by atoms with Gasteiger partial charge >= 0.3 is 5.97 Å². The predicted octanol–water partition coefficient (Wildman–Crippen LogP) is 1.12. The molecule has 2 rings (SSSR count). The monoisotopic (exact) mass is 589 g/mol. The summed E-state index contributed by atoms with van der Waals surface area (Å²) in [6.45, 7) is 10.7. The first-order chi connectivity index (χ1) is 19.3. The largest absolute Gasteiger partial charge is 0.479 e. The molecule has 2 aliphatic heterocycles. The molecular formula is C29H51NO11. The molecule has 41 heavy (non-hydrogen) atoms. The number of ether oxygens (including phenoxy) is 4. The van der Waals surface area contributed by atoms with Gasteiger partial charge < -0.3 is 49.8 Å². The van der Waals surface area contributed by atoms with Crippen LogP contribution in [0, 0.1) is 11.3 Å². The maximum absolute atomic E-state index is 12.3. The smallest absolute Gasteiger partial charge is 0.335 e.